The summed E-state index contributed by atoms with van der Waals surface area (Å²) in [6.07, 6.45) is 0.581. The molecule has 0 heterocycles. The van der Waals surface area contributed by atoms with E-state index in [1.54, 1.807) is 51.7 Å². The van der Waals surface area contributed by atoms with Gasteiger partial charge in [-0.15, -0.1) is 0 Å². The molecule has 0 radical (unpaired) electrons. The van der Waals surface area contributed by atoms with Crippen LogP contribution in [0.2, 0.25) is 5.02 Å². The summed E-state index contributed by atoms with van der Waals surface area (Å²) in [5.74, 6) is 1.89. The van der Waals surface area contributed by atoms with E-state index in [1.807, 2.05) is 6.07 Å². The van der Waals surface area contributed by atoms with Crippen LogP contribution in [0.5, 0.6) is 17.2 Å². The molecule has 0 aromatic heterocycles. The number of hydrogen-bond donors (Lipinski definition) is 2. The van der Waals surface area contributed by atoms with Crippen molar-refractivity contribution in [2.75, 3.05) is 33.2 Å². The molecular weight excluding hydrogens is 344 g/mol. The lowest BCUT2D eigenvalue weighted by Crippen LogP contribution is -2.30. The molecule has 2 rings (SSSR count). The minimum atomic E-state index is -0.290. The molecule has 2 aromatic carbocycles. The number of halogens is 1. The summed E-state index contributed by atoms with van der Waals surface area (Å²) in [6.45, 7) is 0.436. The second-order valence-corrected chi connectivity index (χ2v) is 5.59. The van der Waals surface area contributed by atoms with Crippen molar-refractivity contribution in [2.45, 2.75) is 6.42 Å². The van der Waals surface area contributed by atoms with Crippen LogP contribution in [0.25, 0.3) is 0 Å². The lowest BCUT2D eigenvalue weighted by atomic mass is 10.1. The Morgan fingerprint density at radius 2 is 1.56 bits per heavy atom. The molecule has 2 N–H and O–H groups in total. The molecule has 0 saturated carbocycles. The molecule has 0 bridgehead atoms. The van der Waals surface area contributed by atoms with Crippen LogP contribution in [0.15, 0.2) is 36.4 Å². The van der Waals surface area contributed by atoms with Crippen LogP contribution in [-0.2, 0) is 6.42 Å². The fourth-order valence-electron chi connectivity index (χ4n) is 2.31. The maximum absolute atomic E-state index is 11.9. The molecule has 7 heteroatoms. The van der Waals surface area contributed by atoms with Crippen molar-refractivity contribution in [1.82, 2.24) is 5.32 Å². The Morgan fingerprint density at radius 3 is 2.16 bits per heavy atom. The Labute approximate surface area is 152 Å². The number of hydrogen-bond acceptors (Lipinski definition) is 4. The average Bonchev–Trinajstić information content (AvgIpc) is 2.63. The van der Waals surface area contributed by atoms with Gasteiger partial charge in [-0.05, 0) is 42.3 Å². The summed E-state index contributed by atoms with van der Waals surface area (Å²) in [4.78, 5) is 11.9. The van der Waals surface area contributed by atoms with Crippen molar-refractivity contribution < 1.29 is 19.0 Å². The molecule has 25 heavy (non-hydrogen) atoms. The number of urea groups is 1. The normalized spacial score (nSPS) is 10.1. The van der Waals surface area contributed by atoms with Gasteiger partial charge in [0.05, 0.1) is 21.3 Å². The van der Waals surface area contributed by atoms with E-state index >= 15 is 0 Å². The highest BCUT2D eigenvalue weighted by Gasteiger charge is 2.12. The summed E-state index contributed by atoms with van der Waals surface area (Å²) in [5, 5.41) is 6.16. The highest BCUT2D eigenvalue weighted by Crippen LogP contribution is 2.34. The number of benzene rings is 2. The monoisotopic (exact) mass is 364 g/mol. The summed E-state index contributed by atoms with van der Waals surface area (Å²) in [5.41, 5.74) is 1.58. The minimum absolute atomic E-state index is 0.290. The molecule has 2 aromatic rings. The second-order valence-electron chi connectivity index (χ2n) is 5.16. The molecule has 0 spiro atoms. The van der Waals surface area contributed by atoms with Crippen LogP contribution in [-0.4, -0.2) is 33.9 Å². The van der Waals surface area contributed by atoms with Crippen molar-refractivity contribution in [3.63, 3.8) is 0 Å². The average molecular weight is 365 g/mol. The number of carbonyl (C=O) groups is 1. The quantitative estimate of drug-likeness (QED) is 0.785. The van der Waals surface area contributed by atoms with E-state index in [9.17, 15) is 4.79 Å². The first-order chi connectivity index (χ1) is 12.1. The highest BCUT2D eigenvalue weighted by atomic mass is 35.5. The van der Waals surface area contributed by atoms with E-state index in [1.165, 1.54) is 0 Å². The summed E-state index contributed by atoms with van der Waals surface area (Å²) < 4.78 is 15.9. The molecule has 0 saturated heterocycles. The third kappa shape index (κ3) is 5.19. The lowest BCUT2D eigenvalue weighted by molar-refractivity contribution is 0.252. The molecule has 0 unspecified atom stereocenters. The number of carbonyl (C=O) groups excluding carboxylic acids is 1. The van der Waals surface area contributed by atoms with Gasteiger partial charge in [-0.2, -0.15) is 0 Å². The molecule has 134 valence electrons. The van der Waals surface area contributed by atoms with Crippen LogP contribution in [0.3, 0.4) is 0 Å². The van der Waals surface area contributed by atoms with Crippen LogP contribution in [0, 0.1) is 0 Å². The van der Waals surface area contributed by atoms with Crippen LogP contribution in [0.1, 0.15) is 5.56 Å². The van der Waals surface area contributed by atoms with Crippen molar-refractivity contribution in [1.29, 1.82) is 0 Å². The lowest BCUT2D eigenvalue weighted by Gasteiger charge is -2.14. The van der Waals surface area contributed by atoms with Crippen LogP contribution < -0.4 is 24.8 Å². The van der Waals surface area contributed by atoms with Gasteiger partial charge in [-0.3, -0.25) is 0 Å². The number of amides is 2. The molecule has 0 aliphatic carbocycles. The maximum Gasteiger partial charge on any atom is 0.319 e. The smallest absolute Gasteiger partial charge is 0.319 e. The SMILES string of the molecule is COc1cc(OC)c(OC)cc1CCNC(=O)Nc1ccc(Cl)cc1. The maximum atomic E-state index is 11.9. The topological polar surface area (TPSA) is 68.8 Å². The zero-order valence-electron chi connectivity index (χ0n) is 14.4. The first-order valence-corrected chi connectivity index (χ1v) is 8.04. The van der Waals surface area contributed by atoms with Gasteiger partial charge in [-0.1, -0.05) is 11.6 Å². The second kappa shape index (κ2) is 9.03. The number of nitrogens with one attached hydrogen (secondary N) is 2. The van der Waals surface area contributed by atoms with Crippen molar-refractivity contribution >= 4 is 23.3 Å². The molecule has 2 amide bonds. The molecule has 0 fully saturated rings. The van der Waals surface area contributed by atoms with E-state index in [4.69, 9.17) is 25.8 Å². The largest absolute Gasteiger partial charge is 0.496 e. The van der Waals surface area contributed by atoms with Crippen LogP contribution >= 0.6 is 11.6 Å². The van der Waals surface area contributed by atoms with Gasteiger partial charge in [0.1, 0.15) is 5.75 Å². The standard InChI is InChI=1S/C18H21ClN2O4/c1-23-15-11-17(25-3)16(24-2)10-12(15)8-9-20-18(22)21-14-6-4-13(19)5-7-14/h4-7,10-11H,8-9H2,1-3H3,(H2,20,21,22). The molecule has 0 aliphatic heterocycles. The van der Waals surface area contributed by atoms with Crippen molar-refractivity contribution in [3.8, 4) is 17.2 Å². The van der Waals surface area contributed by atoms with Gasteiger partial charge in [-0.25, -0.2) is 4.79 Å². The molecule has 6 nitrogen and oxygen atoms in total. The van der Waals surface area contributed by atoms with E-state index in [2.05, 4.69) is 10.6 Å². The van der Waals surface area contributed by atoms with Gasteiger partial charge in [0, 0.05) is 23.3 Å². The van der Waals surface area contributed by atoms with Crippen molar-refractivity contribution in [3.05, 3.63) is 47.0 Å². The van der Waals surface area contributed by atoms with E-state index in [0.717, 1.165) is 5.56 Å². The first kappa shape index (κ1) is 18.7. The fourth-order valence-corrected chi connectivity index (χ4v) is 2.43. The fraction of sp³-hybridized carbons (Fsp3) is 0.278. The van der Waals surface area contributed by atoms with E-state index in [0.29, 0.717) is 40.9 Å². The summed E-state index contributed by atoms with van der Waals surface area (Å²) in [7, 11) is 4.73. The zero-order chi connectivity index (χ0) is 18.2. The zero-order valence-corrected chi connectivity index (χ0v) is 15.1. The van der Waals surface area contributed by atoms with Gasteiger partial charge >= 0.3 is 6.03 Å². The van der Waals surface area contributed by atoms with Gasteiger partial charge in [0.15, 0.2) is 11.5 Å². The first-order valence-electron chi connectivity index (χ1n) is 7.66. The third-order valence-electron chi connectivity index (χ3n) is 3.57. The molecular formula is C18H21ClN2O4. The molecule has 0 aliphatic rings. The number of anilines is 1. The summed E-state index contributed by atoms with van der Waals surface area (Å²) >= 11 is 5.82. The van der Waals surface area contributed by atoms with E-state index in [-0.39, 0.29) is 6.03 Å². The third-order valence-corrected chi connectivity index (χ3v) is 3.82. The Kier molecular flexibility index (Phi) is 6.77. The minimum Gasteiger partial charge on any atom is -0.496 e. The van der Waals surface area contributed by atoms with Gasteiger partial charge in [0.2, 0.25) is 0 Å². The van der Waals surface area contributed by atoms with Crippen LogP contribution in [0.4, 0.5) is 10.5 Å². The number of rotatable bonds is 7. The Bertz CT molecular complexity index is 720. The van der Waals surface area contributed by atoms with E-state index < -0.39 is 0 Å². The van der Waals surface area contributed by atoms with Gasteiger partial charge in [0.25, 0.3) is 0 Å². The molecule has 0 atom stereocenters. The number of ether oxygens (including phenoxy) is 3. The predicted octanol–water partition coefficient (Wildman–Crippen LogP) is 3.73. The van der Waals surface area contributed by atoms with Crippen molar-refractivity contribution in [2.24, 2.45) is 0 Å². The summed E-state index contributed by atoms with van der Waals surface area (Å²) in [6, 6.07) is 10.2. The Morgan fingerprint density at radius 1 is 0.960 bits per heavy atom. The predicted molar refractivity (Wildman–Crippen MR) is 98.3 cm³/mol. The van der Waals surface area contributed by atoms with Gasteiger partial charge < -0.3 is 24.8 Å². The Hall–Kier alpha value is -2.60. The number of methoxy groups -OCH3 is 3. The Balaban J connectivity index is 1.94. The highest BCUT2D eigenvalue weighted by molar-refractivity contribution is 6.30.